The van der Waals surface area contributed by atoms with Crippen molar-refractivity contribution in [1.82, 2.24) is 15.2 Å². The molecular formula is C13H15BrClIN4. The second kappa shape index (κ2) is 6.74. The van der Waals surface area contributed by atoms with Crippen molar-refractivity contribution in [2.45, 2.75) is 19.4 Å². The van der Waals surface area contributed by atoms with Crippen molar-refractivity contribution in [2.24, 2.45) is 12.9 Å². The molecule has 20 heavy (non-hydrogen) atoms. The van der Waals surface area contributed by atoms with Gasteiger partial charge in [0.25, 0.3) is 0 Å². The zero-order valence-corrected chi connectivity index (χ0v) is 15.6. The average Bonchev–Trinajstić information content (AvgIpc) is 2.65. The van der Waals surface area contributed by atoms with Crippen molar-refractivity contribution in [3.05, 3.63) is 48.2 Å². The highest BCUT2D eigenvalue weighted by Crippen LogP contribution is 2.28. The summed E-state index contributed by atoms with van der Waals surface area (Å²) < 4.78 is 3.93. The van der Waals surface area contributed by atoms with E-state index in [-0.39, 0.29) is 6.04 Å². The number of nitrogens with two attached hydrogens (primary N) is 1. The average molecular weight is 470 g/mol. The minimum Gasteiger partial charge on any atom is -0.271 e. The number of hydrogen-bond acceptors (Lipinski definition) is 3. The molecular weight excluding hydrogens is 454 g/mol. The molecule has 1 heterocycles. The Morgan fingerprint density at radius 3 is 2.75 bits per heavy atom. The van der Waals surface area contributed by atoms with Crippen LogP contribution >= 0.6 is 50.1 Å². The predicted molar refractivity (Wildman–Crippen MR) is 93.6 cm³/mol. The second-order valence-corrected chi connectivity index (χ2v) is 6.93. The van der Waals surface area contributed by atoms with E-state index >= 15 is 0 Å². The van der Waals surface area contributed by atoms with Crippen LogP contribution in [0, 0.1) is 10.5 Å². The fourth-order valence-electron chi connectivity index (χ4n) is 2.10. The van der Waals surface area contributed by atoms with Crippen molar-refractivity contribution in [3.63, 3.8) is 0 Å². The zero-order valence-electron chi connectivity index (χ0n) is 11.1. The molecule has 0 bridgehead atoms. The molecule has 1 aromatic heterocycles. The summed E-state index contributed by atoms with van der Waals surface area (Å²) in [5.41, 5.74) is 5.98. The molecule has 7 heteroatoms. The van der Waals surface area contributed by atoms with Gasteiger partial charge in [-0.1, -0.05) is 17.7 Å². The molecule has 0 saturated carbocycles. The molecule has 0 aliphatic heterocycles. The minimum atomic E-state index is -0.0180. The van der Waals surface area contributed by atoms with Gasteiger partial charge in [-0.05, 0) is 63.1 Å². The summed E-state index contributed by atoms with van der Waals surface area (Å²) in [5.74, 6) is 5.71. The second-order valence-electron chi connectivity index (χ2n) is 4.57. The van der Waals surface area contributed by atoms with Crippen molar-refractivity contribution in [2.75, 3.05) is 0 Å². The van der Waals surface area contributed by atoms with Gasteiger partial charge < -0.3 is 0 Å². The Morgan fingerprint density at radius 1 is 1.55 bits per heavy atom. The minimum absolute atomic E-state index is 0.0180. The number of nitrogens with one attached hydrogen (secondary N) is 1. The number of halogens is 3. The number of rotatable bonds is 4. The highest BCUT2D eigenvalue weighted by Gasteiger charge is 2.18. The van der Waals surface area contributed by atoms with Gasteiger partial charge in [-0.2, -0.15) is 5.10 Å². The highest BCUT2D eigenvalue weighted by molar-refractivity contribution is 14.1. The summed E-state index contributed by atoms with van der Waals surface area (Å²) in [5, 5.41) is 5.14. The molecule has 0 amide bonds. The Morgan fingerprint density at radius 2 is 2.25 bits per heavy atom. The molecule has 0 aliphatic rings. The lowest BCUT2D eigenvalue weighted by Crippen LogP contribution is -2.30. The molecule has 3 N–H and O–H groups in total. The molecule has 0 spiro atoms. The van der Waals surface area contributed by atoms with Crippen molar-refractivity contribution in [3.8, 4) is 0 Å². The maximum absolute atomic E-state index is 6.18. The van der Waals surface area contributed by atoms with Crippen LogP contribution in [0.4, 0.5) is 0 Å². The smallest absolute Gasteiger partial charge is 0.0738 e. The van der Waals surface area contributed by atoms with Crippen LogP contribution in [-0.2, 0) is 13.5 Å². The van der Waals surface area contributed by atoms with Crippen LogP contribution in [-0.4, -0.2) is 9.78 Å². The van der Waals surface area contributed by atoms with Crippen LogP contribution in [0.25, 0.3) is 0 Å². The number of hydrazine groups is 1. The summed E-state index contributed by atoms with van der Waals surface area (Å²) in [7, 11) is 1.93. The van der Waals surface area contributed by atoms with Crippen molar-refractivity contribution in [1.29, 1.82) is 0 Å². The van der Waals surface area contributed by atoms with E-state index in [0.29, 0.717) is 0 Å². The quantitative estimate of drug-likeness (QED) is 0.410. The Kier molecular flexibility index (Phi) is 5.47. The maximum Gasteiger partial charge on any atom is 0.0738 e. The van der Waals surface area contributed by atoms with E-state index in [1.54, 1.807) is 0 Å². The Labute approximate surface area is 145 Å². The van der Waals surface area contributed by atoms with E-state index in [0.717, 1.165) is 36.4 Å². The molecule has 2 aromatic rings. The van der Waals surface area contributed by atoms with E-state index in [1.165, 1.54) is 0 Å². The third-order valence-electron chi connectivity index (χ3n) is 3.21. The van der Waals surface area contributed by atoms with Crippen LogP contribution in [0.1, 0.15) is 23.0 Å². The molecule has 1 unspecified atom stereocenters. The first-order chi connectivity index (χ1) is 9.43. The van der Waals surface area contributed by atoms with Gasteiger partial charge in [-0.3, -0.25) is 16.0 Å². The number of aromatic nitrogens is 2. The first-order valence-electron chi connectivity index (χ1n) is 6.03. The molecule has 2 rings (SSSR count). The first-order valence-corrected chi connectivity index (χ1v) is 8.28. The largest absolute Gasteiger partial charge is 0.271 e. The molecule has 0 aliphatic carbocycles. The van der Waals surface area contributed by atoms with Gasteiger partial charge in [0.05, 0.1) is 26.9 Å². The van der Waals surface area contributed by atoms with Crippen LogP contribution in [0.3, 0.4) is 0 Å². The summed E-state index contributed by atoms with van der Waals surface area (Å²) >= 11 is 12.0. The van der Waals surface area contributed by atoms with Crippen LogP contribution < -0.4 is 11.3 Å². The lowest BCUT2D eigenvalue weighted by molar-refractivity contribution is 0.529. The molecule has 4 nitrogen and oxygen atoms in total. The monoisotopic (exact) mass is 468 g/mol. The third kappa shape index (κ3) is 3.36. The SMILES string of the molecule is Cc1nn(C)c(CC(NN)c2ccc(I)c(Cl)c2)c1Br. The van der Waals surface area contributed by atoms with Gasteiger partial charge in [0.2, 0.25) is 0 Å². The topological polar surface area (TPSA) is 55.9 Å². The van der Waals surface area contributed by atoms with E-state index in [1.807, 2.05) is 36.9 Å². The number of aryl methyl sites for hydroxylation is 2. The highest BCUT2D eigenvalue weighted by atomic mass is 127. The summed E-state index contributed by atoms with van der Waals surface area (Å²) in [6, 6.07) is 5.96. The molecule has 1 atom stereocenters. The van der Waals surface area contributed by atoms with E-state index in [9.17, 15) is 0 Å². The van der Waals surface area contributed by atoms with Gasteiger partial charge in [-0.25, -0.2) is 0 Å². The summed E-state index contributed by atoms with van der Waals surface area (Å²) in [6.45, 7) is 1.97. The van der Waals surface area contributed by atoms with Gasteiger partial charge >= 0.3 is 0 Å². The predicted octanol–water partition coefficient (Wildman–Crippen LogP) is 3.50. The van der Waals surface area contributed by atoms with E-state index in [4.69, 9.17) is 17.4 Å². The van der Waals surface area contributed by atoms with Gasteiger partial charge in [0.15, 0.2) is 0 Å². The van der Waals surface area contributed by atoms with E-state index in [2.05, 4.69) is 49.0 Å². The fraction of sp³-hybridized carbons (Fsp3) is 0.308. The van der Waals surface area contributed by atoms with Gasteiger partial charge in [0.1, 0.15) is 0 Å². The number of nitrogens with zero attached hydrogens (tertiary/aromatic N) is 2. The maximum atomic E-state index is 6.18. The van der Waals surface area contributed by atoms with Crippen molar-refractivity contribution < 1.29 is 0 Å². The first kappa shape index (κ1) is 16.2. The van der Waals surface area contributed by atoms with Crippen LogP contribution in [0.5, 0.6) is 0 Å². The van der Waals surface area contributed by atoms with E-state index < -0.39 is 0 Å². The summed E-state index contributed by atoms with van der Waals surface area (Å²) in [4.78, 5) is 0. The van der Waals surface area contributed by atoms with Crippen LogP contribution in [0.2, 0.25) is 5.02 Å². The molecule has 108 valence electrons. The molecule has 0 saturated heterocycles. The van der Waals surface area contributed by atoms with Crippen molar-refractivity contribution >= 4 is 50.1 Å². The molecule has 1 aromatic carbocycles. The normalized spacial score (nSPS) is 12.7. The lowest BCUT2D eigenvalue weighted by atomic mass is 10.0. The van der Waals surface area contributed by atoms with Crippen LogP contribution in [0.15, 0.2) is 22.7 Å². The summed E-state index contributed by atoms with van der Waals surface area (Å²) in [6.07, 6.45) is 0.728. The third-order valence-corrected chi connectivity index (χ3v) is 5.81. The Hall–Kier alpha value is -0.150. The zero-order chi connectivity index (χ0) is 14.9. The lowest BCUT2D eigenvalue weighted by Gasteiger charge is -2.17. The van der Waals surface area contributed by atoms with Gasteiger partial charge in [0, 0.05) is 17.0 Å². The van der Waals surface area contributed by atoms with Gasteiger partial charge in [-0.15, -0.1) is 0 Å². The standard InChI is InChI=1S/C13H15BrClIN4/c1-7-13(14)12(20(2)19-7)6-11(18-17)8-3-4-10(16)9(15)5-8/h3-5,11,18H,6,17H2,1-2H3. The molecule has 0 radical (unpaired) electrons. The number of benzene rings is 1. The molecule has 0 fully saturated rings. The Bertz CT molecular complexity index is 629. The Balaban J connectivity index is 2.31. The number of hydrogen-bond donors (Lipinski definition) is 2. The fourth-order valence-corrected chi connectivity index (χ4v) is 3.12.